The summed E-state index contributed by atoms with van der Waals surface area (Å²) in [6.45, 7) is 8.55. The minimum Gasteiger partial charge on any atom is -0.350 e. The summed E-state index contributed by atoms with van der Waals surface area (Å²) in [5.74, 6) is 1.12. The van der Waals surface area contributed by atoms with Crippen LogP contribution in [0.4, 0.5) is 5.82 Å². The Morgan fingerprint density at radius 3 is 2.47 bits per heavy atom. The first-order valence-electron chi connectivity index (χ1n) is 11.8. The fraction of sp³-hybridized carbons (Fsp3) is 0.480. The summed E-state index contributed by atoms with van der Waals surface area (Å²) < 4.78 is 29.7. The summed E-state index contributed by atoms with van der Waals surface area (Å²) in [7, 11) is -3.90. The van der Waals surface area contributed by atoms with Crippen molar-refractivity contribution in [3.63, 3.8) is 0 Å². The van der Waals surface area contributed by atoms with Gasteiger partial charge in [-0.2, -0.15) is 0 Å². The Bertz CT molecular complexity index is 1330. The molecule has 1 aliphatic rings. The monoisotopic (exact) mass is 485 g/mol. The first-order valence-corrected chi connectivity index (χ1v) is 13.2. The Morgan fingerprint density at radius 1 is 1.15 bits per heavy atom. The summed E-state index contributed by atoms with van der Waals surface area (Å²) in [5.41, 5.74) is 1.40. The van der Waals surface area contributed by atoms with Gasteiger partial charge in [0.2, 0.25) is 9.84 Å². The van der Waals surface area contributed by atoms with Crippen LogP contribution in [0.2, 0.25) is 0 Å². The van der Waals surface area contributed by atoms with Gasteiger partial charge in [0, 0.05) is 24.9 Å². The Morgan fingerprint density at radius 2 is 1.82 bits per heavy atom. The molecule has 2 aromatic heterocycles. The summed E-state index contributed by atoms with van der Waals surface area (Å²) in [5, 5.41) is 12.3. The van der Waals surface area contributed by atoms with E-state index in [0.29, 0.717) is 16.2 Å². The van der Waals surface area contributed by atoms with Crippen molar-refractivity contribution in [3.05, 3.63) is 42.4 Å². The predicted molar refractivity (Wildman–Crippen MR) is 129 cm³/mol. The highest BCUT2D eigenvalue weighted by Gasteiger charge is 2.27. The van der Waals surface area contributed by atoms with Crippen molar-refractivity contribution in [2.45, 2.75) is 81.5 Å². The van der Waals surface area contributed by atoms with Crippen LogP contribution in [0.5, 0.6) is 0 Å². The number of hydrogen-bond donors (Lipinski definition) is 2. The Labute approximate surface area is 200 Å². The van der Waals surface area contributed by atoms with Crippen molar-refractivity contribution in [1.29, 1.82) is 0 Å². The van der Waals surface area contributed by atoms with E-state index in [4.69, 9.17) is 4.98 Å². The molecule has 1 fully saturated rings. The molecule has 1 amide bonds. The molecule has 182 valence electrons. The Balaban J connectivity index is 1.77. The van der Waals surface area contributed by atoms with Gasteiger partial charge in [-0.15, -0.1) is 0 Å². The minimum atomic E-state index is -3.90. The quantitative estimate of drug-likeness (QED) is 0.416. The summed E-state index contributed by atoms with van der Waals surface area (Å²) in [6.07, 6.45) is 7.43. The molecule has 3 aromatic rings. The molecule has 1 saturated carbocycles. The number of aromatic nitrogens is 3. The molecule has 0 aliphatic heterocycles. The highest BCUT2D eigenvalue weighted by atomic mass is 32.2. The molecule has 0 atom stereocenters. The van der Waals surface area contributed by atoms with Crippen LogP contribution in [0.3, 0.4) is 0 Å². The largest absolute Gasteiger partial charge is 0.350 e. The van der Waals surface area contributed by atoms with Gasteiger partial charge in [0.1, 0.15) is 12.0 Å². The molecule has 1 aromatic carbocycles. The van der Waals surface area contributed by atoms with Crippen molar-refractivity contribution in [2.24, 2.45) is 5.92 Å². The number of benzene rings is 1. The van der Waals surface area contributed by atoms with E-state index in [-0.39, 0.29) is 21.0 Å². The number of nitrogens with one attached hydrogen (secondary N) is 1. The maximum absolute atomic E-state index is 13.4. The number of rotatable bonds is 5. The van der Waals surface area contributed by atoms with Gasteiger partial charge in [-0.3, -0.25) is 0 Å². The molecule has 0 spiro atoms. The number of anilines is 1. The fourth-order valence-corrected chi connectivity index (χ4v) is 6.01. The molecule has 8 nitrogen and oxygen atoms in total. The van der Waals surface area contributed by atoms with Crippen LogP contribution in [0.15, 0.2) is 46.3 Å². The van der Waals surface area contributed by atoms with Crippen LogP contribution in [-0.2, 0) is 26.6 Å². The lowest BCUT2D eigenvalue weighted by molar-refractivity contribution is -0.893. The second-order valence-electron chi connectivity index (χ2n) is 10.2. The molecule has 0 bridgehead atoms. The molecule has 34 heavy (non-hydrogen) atoms. The molecular formula is C25H33N4O4S+. The number of hydrogen-bond acceptors (Lipinski definition) is 5. The first-order chi connectivity index (χ1) is 16.0. The third kappa shape index (κ3) is 4.80. The van der Waals surface area contributed by atoms with Crippen molar-refractivity contribution in [2.75, 3.05) is 5.32 Å². The van der Waals surface area contributed by atoms with E-state index in [1.165, 1.54) is 57.4 Å². The summed E-state index contributed by atoms with van der Waals surface area (Å²) in [6, 6.07) is 7.62. The molecule has 0 saturated heterocycles. The van der Waals surface area contributed by atoms with Gasteiger partial charge >= 0.3 is 11.7 Å². The fourth-order valence-electron chi connectivity index (χ4n) is 4.71. The van der Waals surface area contributed by atoms with Crippen LogP contribution >= 0.6 is 0 Å². The number of carbonyl (C=O) groups is 1. The molecule has 0 unspecified atom stereocenters. The number of amides is 1. The van der Waals surface area contributed by atoms with Gasteiger partial charge in [0.05, 0.1) is 26.9 Å². The summed E-state index contributed by atoms with van der Waals surface area (Å²) in [4.78, 5) is 16.4. The van der Waals surface area contributed by atoms with Crippen LogP contribution in [0.1, 0.15) is 65.6 Å². The van der Waals surface area contributed by atoms with E-state index in [9.17, 15) is 18.4 Å². The lowest BCUT2D eigenvalue weighted by atomic mass is 9.88. The molecule has 4 rings (SSSR count). The zero-order valence-corrected chi connectivity index (χ0v) is 21.0. The predicted octanol–water partition coefficient (Wildman–Crippen LogP) is 4.23. The normalized spacial score (nSPS) is 15.5. The van der Waals surface area contributed by atoms with Crippen LogP contribution in [-0.4, -0.2) is 29.1 Å². The van der Waals surface area contributed by atoms with Gasteiger partial charge in [0.25, 0.3) is 0 Å². The van der Waals surface area contributed by atoms with Gasteiger partial charge in [-0.25, -0.2) is 23.5 Å². The SMILES string of the molecule is CC(=O)Nc1cc(S(=O)(=O)c2ccc3c(c2)nc(C(C)(C)C)n3CC2CCCCC2)cc[n+]1O. The molecule has 2 N–H and O–H groups in total. The molecule has 2 heterocycles. The average molecular weight is 486 g/mol. The first kappa shape index (κ1) is 24.2. The highest BCUT2D eigenvalue weighted by molar-refractivity contribution is 7.91. The lowest BCUT2D eigenvalue weighted by Gasteiger charge is -2.26. The number of carbonyl (C=O) groups excluding carboxylic acids is 1. The maximum Gasteiger partial charge on any atom is 0.322 e. The lowest BCUT2D eigenvalue weighted by Crippen LogP contribution is -2.35. The second-order valence-corrected chi connectivity index (χ2v) is 12.2. The number of fused-ring (bicyclic) bond motifs is 1. The van der Waals surface area contributed by atoms with Crippen LogP contribution in [0.25, 0.3) is 11.0 Å². The van der Waals surface area contributed by atoms with Crippen LogP contribution < -0.4 is 10.0 Å². The zero-order chi connectivity index (χ0) is 24.7. The second kappa shape index (κ2) is 9.02. The van der Waals surface area contributed by atoms with Gasteiger partial charge in [-0.05, 0) is 37.0 Å². The van der Waals surface area contributed by atoms with Crippen molar-refractivity contribution < 1.29 is 23.1 Å². The maximum atomic E-state index is 13.4. The van der Waals surface area contributed by atoms with E-state index < -0.39 is 15.7 Å². The molecule has 0 radical (unpaired) electrons. The number of pyridine rings is 1. The number of nitrogens with zero attached hydrogens (tertiary/aromatic N) is 3. The number of imidazole rings is 1. The topological polar surface area (TPSA) is 105 Å². The molecular weight excluding hydrogens is 452 g/mol. The average Bonchev–Trinajstić information content (AvgIpc) is 3.14. The van der Waals surface area contributed by atoms with Gasteiger partial charge in [-0.1, -0.05) is 44.8 Å². The molecule has 1 aliphatic carbocycles. The van der Waals surface area contributed by atoms with Crippen molar-refractivity contribution in [3.8, 4) is 0 Å². The number of sulfone groups is 1. The van der Waals surface area contributed by atoms with Crippen molar-refractivity contribution >= 4 is 32.6 Å². The van der Waals surface area contributed by atoms with Gasteiger partial charge in [0.15, 0.2) is 0 Å². The highest BCUT2D eigenvalue weighted by Crippen LogP contribution is 2.33. The Hall–Kier alpha value is -2.94. The van der Waals surface area contributed by atoms with Gasteiger partial charge < -0.3 is 9.77 Å². The summed E-state index contributed by atoms with van der Waals surface area (Å²) >= 11 is 0. The standard InChI is InChI=1S/C25H32N4O4S/c1-17(30)26-23-15-20(12-13-29(23)31)34(32,33)19-10-11-22-21(14-19)27-24(25(2,3)4)28(22)16-18-8-6-5-7-9-18/h10-15,18,31H,5-9,16H2,1-4H3/p+1. The minimum absolute atomic E-state index is 0.0265. The third-order valence-corrected chi connectivity index (χ3v) is 8.14. The molecule has 9 heteroatoms. The van der Waals surface area contributed by atoms with E-state index in [1.807, 2.05) is 6.07 Å². The van der Waals surface area contributed by atoms with E-state index >= 15 is 0 Å². The third-order valence-electron chi connectivity index (χ3n) is 6.39. The zero-order valence-electron chi connectivity index (χ0n) is 20.2. The van der Waals surface area contributed by atoms with E-state index in [0.717, 1.165) is 17.9 Å². The van der Waals surface area contributed by atoms with Crippen LogP contribution in [0, 0.1) is 5.92 Å². The van der Waals surface area contributed by atoms with Crippen molar-refractivity contribution in [1.82, 2.24) is 9.55 Å². The Kier molecular flexibility index (Phi) is 6.42. The van der Waals surface area contributed by atoms with E-state index in [1.54, 1.807) is 12.1 Å². The smallest absolute Gasteiger partial charge is 0.322 e. The van der Waals surface area contributed by atoms with E-state index in [2.05, 4.69) is 30.7 Å².